The van der Waals surface area contributed by atoms with Gasteiger partial charge in [-0.1, -0.05) is 12.1 Å². The van der Waals surface area contributed by atoms with Crippen molar-refractivity contribution < 1.29 is 15.0 Å². The van der Waals surface area contributed by atoms with Crippen LogP contribution in [0.15, 0.2) is 42.5 Å². The number of hydrogen-bond acceptors (Lipinski definition) is 4. The fourth-order valence-corrected chi connectivity index (χ4v) is 1.79. The minimum absolute atomic E-state index is 0.0120. The van der Waals surface area contributed by atoms with Crippen LogP contribution in [0.2, 0.25) is 0 Å². The molecule has 0 saturated carbocycles. The van der Waals surface area contributed by atoms with E-state index in [2.05, 4.69) is 10.2 Å². The van der Waals surface area contributed by atoms with Crippen LogP contribution in [0.4, 0.5) is 0 Å². The van der Waals surface area contributed by atoms with Crippen LogP contribution in [-0.4, -0.2) is 31.2 Å². The van der Waals surface area contributed by atoms with Gasteiger partial charge in [-0.15, -0.1) is 15.0 Å². The highest BCUT2D eigenvalue weighted by Crippen LogP contribution is 2.23. The molecule has 0 atom stereocenters. The molecule has 3 rings (SSSR count). The largest absolute Gasteiger partial charge is 0.506 e. The van der Waals surface area contributed by atoms with Gasteiger partial charge in [0.05, 0.1) is 5.56 Å². The average molecular weight is 255 g/mol. The standard InChI is InChI=1S/C13H9N3O3/c17-12-7-8(13(18)19)5-6-11(12)16-14-9-3-1-2-4-10(9)15-16/h1-7,17H,(H,18,19). The first-order valence-electron chi connectivity index (χ1n) is 5.54. The highest BCUT2D eigenvalue weighted by Gasteiger charge is 2.11. The molecule has 94 valence electrons. The fourth-order valence-electron chi connectivity index (χ4n) is 1.79. The number of aromatic carboxylic acids is 1. The molecule has 1 heterocycles. The molecule has 0 unspecified atom stereocenters. The van der Waals surface area contributed by atoms with E-state index in [-0.39, 0.29) is 11.3 Å². The number of aromatic hydroxyl groups is 1. The summed E-state index contributed by atoms with van der Waals surface area (Å²) in [5.74, 6) is -1.28. The molecule has 0 spiro atoms. The molecule has 6 heteroatoms. The molecule has 0 aliphatic carbocycles. The van der Waals surface area contributed by atoms with Crippen LogP contribution in [-0.2, 0) is 0 Å². The number of carboxylic acids is 1. The molecule has 1 aromatic heterocycles. The monoisotopic (exact) mass is 255 g/mol. The van der Waals surface area contributed by atoms with Gasteiger partial charge in [0, 0.05) is 0 Å². The van der Waals surface area contributed by atoms with Crippen molar-refractivity contribution in [1.29, 1.82) is 0 Å². The number of phenols is 1. The Balaban J connectivity index is 2.13. The Morgan fingerprint density at radius 3 is 2.21 bits per heavy atom. The summed E-state index contributed by atoms with van der Waals surface area (Å²) in [5.41, 5.74) is 1.74. The first kappa shape index (κ1) is 11.2. The molecule has 0 fully saturated rings. The SMILES string of the molecule is O=C(O)c1ccc(-n2nc3ccccc3n2)c(O)c1. The zero-order valence-electron chi connectivity index (χ0n) is 9.69. The van der Waals surface area contributed by atoms with E-state index in [1.807, 2.05) is 24.3 Å². The van der Waals surface area contributed by atoms with E-state index in [4.69, 9.17) is 5.11 Å². The number of phenolic OH excluding ortho intramolecular Hbond substituents is 1. The van der Waals surface area contributed by atoms with Crippen molar-refractivity contribution in [2.75, 3.05) is 0 Å². The maximum atomic E-state index is 10.8. The number of nitrogens with zero attached hydrogens (tertiary/aromatic N) is 3. The normalized spacial score (nSPS) is 10.7. The minimum atomic E-state index is -1.10. The third kappa shape index (κ3) is 1.89. The molecule has 6 nitrogen and oxygen atoms in total. The molecule has 0 bridgehead atoms. The lowest BCUT2D eigenvalue weighted by molar-refractivity contribution is 0.0696. The summed E-state index contributed by atoms with van der Waals surface area (Å²) in [6.45, 7) is 0. The summed E-state index contributed by atoms with van der Waals surface area (Å²) >= 11 is 0. The highest BCUT2D eigenvalue weighted by molar-refractivity contribution is 5.88. The lowest BCUT2D eigenvalue weighted by atomic mass is 10.2. The summed E-state index contributed by atoms with van der Waals surface area (Å²) in [7, 11) is 0. The number of fused-ring (bicyclic) bond motifs is 1. The van der Waals surface area contributed by atoms with Crippen molar-refractivity contribution in [2.24, 2.45) is 0 Å². The van der Waals surface area contributed by atoms with Gasteiger partial charge in [0.1, 0.15) is 22.5 Å². The van der Waals surface area contributed by atoms with Gasteiger partial charge in [-0.2, -0.15) is 0 Å². The van der Waals surface area contributed by atoms with E-state index in [9.17, 15) is 9.90 Å². The van der Waals surface area contributed by atoms with E-state index in [1.165, 1.54) is 23.0 Å². The average Bonchev–Trinajstić information content (AvgIpc) is 2.81. The Hall–Kier alpha value is -2.89. The number of hydrogen-bond donors (Lipinski definition) is 2. The third-order valence-corrected chi connectivity index (χ3v) is 2.72. The van der Waals surface area contributed by atoms with E-state index in [0.29, 0.717) is 16.7 Å². The Labute approximate surface area is 107 Å². The van der Waals surface area contributed by atoms with Gasteiger partial charge in [-0.25, -0.2) is 4.79 Å². The van der Waals surface area contributed by atoms with Crippen molar-refractivity contribution in [3.8, 4) is 11.4 Å². The van der Waals surface area contributed by atoms with Crippen LogP contribution >= 0.6 is 0 Å². The van der Waals surface area contributed by atoms with Crippen molar-refractivity contribution in [1.82, 2.24) is 15.0 Å². The van der Waals surface area contributed by atoms with Crippen molar-refractivity contribution in [2.45, 2.75) is 0 Å². The number of aromatic nitrogens is 3. The van der Waals surface area contributed by atoms with E-state index >= 15 is 0 Å². The van der Waals surface area contributed by atoms with Gasteiger partial charge >= 0.3 is 5.97 Å². The summed E-state index contributed by atoms with van der Waals surface area (Å²) in [5, 5.41) is 27.1. The molecule has 0 radical (unpaired) electrons. The quantitative estimate of drug-likeness (QED) is 0.729. The van der Waals surface area contributed by atoms with Gasteiger partial charge in [-0.05, 0) is 30.3 Å². The molecule has 0 aliphatic heterocycles. The lowest BCUT2D eigenvalue weighted by Crippen LogP contribution is -2.01. The molecule has 2 aromatic carbocycles. The van der Waals surface area contributed by atoms with Gasteiger partial charge in [0.15, 0.2) is 0 Å². The van der Waals surface area contributed by atoms with Crippen molar-refractivity contribution in [3.05, 3.63) is 48.0 Å². The number of carboxylic acid groups (broad SMARTS) is 1. The van der Waals surface area contributed by atoms with Crippen LogP contribution in [0.5, 0.6) is 5.75 Å². The van der Waals surface area contributed by atoms with E-state index in [0.717, 1.165) is 0 Å². The number of carbonyl (C=O) groups is 1. The topological polar surface area (TPSA) is 88.2 Å². The molecule has 19 heavy (non-hydrogen) atoms. The van der Waals surface area contributed by atoms with Crippen LogP contribution in [0.3, 0.4) is 0 Å². The maximum absolute atomic E-state index is 10.8. The molecular formula is C13H9N3O3. The van der Waals surface area contributed by atoms with Gasteiger partial charge in [0.25, 0.3) is 0 Å². The van der Waals surface area contributed by atoms with E-state index in [1.54, 1.807) is 0 Å². The van der Waals surface area contributed by atoms with Crippen molar-refractivity contribution in [3.63, 3.8) is 0 Å². The highest BCUT2D eigenvalue weighted by atomic mass is 16.4. The Kier molecular flexibility index (Phi) is 2.42. The van der Waals surface area contributed by atoms with Gasteiger partial charge in [0.2, 0.25) is 0 Å². The van der Waals surface area contributed by atoms with Crippen molar-refractivity contribution >= 4 is 17.0 Å². The molecule has 2 N–H and O–H groups in total. The predicted octanol–water partition coefficient (Wildman–Crippen LogP) is 1.82. The summed E-state index contributed by atoms with van der Waals surface area (Å²) in [4.78, 5) is 12.1. The zero-order valence-corrected chi connectivity index (χ0v) is 9.69. The first-order valence-corrected chi connectivity index (χ1v) is 5.54. The van der Waals surface area contributed by atoms with Crippen LogP contribution in [0.25, 0.3) is 16.7 Å². The summed E-state index contributed by atoms with van der Waals surface area (Å²) in [6, 6.07) is 11.3. The zero-order chi connectivity index (χ0) is 13.4. The first-order chi connectivity index (χ1) is 9.15. The third-order valence-electron chi connectivity index (χ3n) is 2.72. The van der Waals surface area contributed by atoms with Crippen LogP contribution in [0.1, 0.15) is 10.4 Å². The van der Waals surface area contributed by atoms with E-state index < -0.39 is 5.97 Å². The smallest absolute Gasteiger partial charge is 0.335 e. The fraction of sp³-hybridized carbons (Fsp3) is 0. The molecular weight excluding hydrogens is 246 g/mol. The molecule has 0 saturated heterocycles. The second-order valence-electron chi connectivity index (χ2n) is 3.99. The molecule has 0 amide bonds. The second-order valence-corrected chi connectivity index (χ2v) is 3.99. The number of rotatable bonds is 2. The second kappa shape index (κ2) is 4.09. The summed E-state index contributed by atoms with van der Waals surface area (Å²) in [6.07, 6.45) is 0. The predicted molar refractivity (Wildman–Crippen MR) is 67.5 cm³/mol. The maximum Gasteiger partial charge on any atom is 0.335 e. The Bertz CT molecular complexity index is 747. The number of benzene rings is 2. The summed E-state index contributed by atoms with van der Waals surface area (Å²) < 4.78 is 0. The molecule has 0 aliphatic rings. The minimum Gasteiger partial charge on any atom is -0.506 e. The Morgan fingerprint density at radius 1 is 1.05 bits per heavy atom. The van der Waals surface area contributed by atoms with Gasteiger partial charge < -0.3 is 10.2 Å². The lowest BCUT2D eigenvalue weighted by Gasteiger charge is -2.03. The molecule has 3 aromatic rings. The van der Waals surface area contributed by atoms with Crippen LogP contribution in [0, 0.1) is 0 Å². The van der Waals surface area contributed by atoms with Crippen LogP contribution < -0.4 is 0 Å². The Morgan fingerprint density at radius 2 is 1.68 bits per heavy atom. The van der Waals surface area contributed by atoms with Gasteiger partial charge in [-0.3, -0.25) is 0 Å².